The Bertz CT molecular complexity index is 1090. The molecule has 3 aromatic rings. The molecule has 0 unspecified atom stereocenters. The summed E-state index contributed by atoms with van der Waals surface area (Å²) < 4.78 is 16.1. The highest BCUT2D eigenvalue weighted by Crippen LogP contribution is 2.20. The van der Waals surface area contributed by atoms with Gasteiger partial charge in [0.1, 0.15) is 17.8 Å². The molecule has 154 valence electrons. The number of ether oxygens (including phenoxy) is 2. The first-order valence-corrected chi connectivity index (χ1v) is 9.83. The van der Waals surface area contributed by atoms with Gasteiger partial charge >= 0.3 is 0 Å². The molecule has 0 saturated heterocycles. The van der Waals surface area contributed by atoms with Gasteiger partial charge in [-0.1, -0.05) is 24.3 Å². The van der Waals surface area contributed by atoms with Gasteiger partial charge in [0.25, 0.3) is 0 Å². The van der Waals surface area contributed by atoms with E-state index in [1.54, 1.807) is 31.4 Å². The minimum Gasteiger partial charge on any atom is -0.497 e. The van der Waals surface area contributed by atoms with E-state index >= 15 is 0 Å². The van der Waals surface area contributed by atoms with Crippen molar-refractivity contribution in [2.45, 2.75) is 19.5 Å². The molecule has 0 atom stereocenters. The minimum absolute atomic E-state index is 0.0320. The maximum atomic E-state index is 12.4. The van der Waals surface area contributed by atoms with Crippen molar-refractivity contribution in [1.82, 2.24) is 4.90 Å². The molecule has 1 aromatic heterocycles. The van der Waals surface area contributed by atoms with Crippen LogP contribution < -0.4 is 14.9 Å². The SMILES string of the molecule is COc1ccc(C(=O)COc2coc(CN3CCc4ccccc4C3)cc2=O)cc1. The van der Waals surface area contributed by atoms with Crippen LogP contribution in [0.25, 0.3) is 0 Å². The molecule has 4 rings (SSSR count). The minimum atomic E-state index is -0.295. The number of carbonyl (C=O) groups excluding carboxylic acids is 1. The number of benzene rings is 2. The molecule has 30 heavy (non-hydrogen) atoms. The van der Waals surface area contributed by atoms with E-state index in [0.29, 0.717) is 23.6 Å². The molecule has 2 heterocycles. The van der Waals surface area contributed by atoms with Gasteiger partial charge in [-0.25, -0.2) is 0 Å². The normalized spacial score (nSPS) is 13.5. The Labute approximate surface area is 174 Å². The van der Waals surface area contributed by atoms with Gasteiger partial charge in [0.15, 0.2) is 12.4 Å². The van der Waals surface area contributed by atoms with Crippen LogP contribution >= 0.6 is 0 Å². The lowest BCUT2D eigenvalue weighted by atomic mass is 10.00. The molecule has 0 N–H and O–H groups in total. The van der Waals surface area contributed by atoms with E-state index in [1.807, 2.05) is 6.07 Å². The quantitative estimate of drug-likeness (QED) is 0.561. The van der Waals surface area contributed by atoms with Gasteiger partial charge in [-0.3, -0.25) is 14.5 Å². The molecule has 6 nitrogen and oxygen atoms in total. The number of hydrogen-bond acceptors (Lipinski definition) is 6. The van der Waals surface area contributed by atoms with Crippen molar-refractivity contribution in [3.63, 3.8) is 0 Å². The summed E-state index contributed by atoms with van der Waals surface area (Å²) in [6, 6.07) is 16.6. The first-order valence-electron chi connectivity index (χ1n) is 9.83. The second kappa shape index (κ2) is 8.97. The first-order chi connectivity index (χ1) is 14.6. The lowest BCUT2D eigenvalue weighted by Crippen LogP contribution is -2.30. The van der Waals surface area contributed by atoms with E-state index in [1.165, 1.54) is 23.5 Å². The second-order valence-corrected chi connectivity index (χ2v) is 7.24. The third-order valence-electron chi connectivity index (χ3n) is 5.21. The maximum absolute atomic E-state index is 12.4. The molecule has 0 saturated carbocycles. The van der Waals surface area contributed by atoms with E-state index in [2.05, 4.69) is 23.1 Å². The summed E-state index contributed by atoms with van der Waals surface area (Å²) in [7, 11) is 1.56. The maximum Gasteiger partial charge on any atom is 0.227 e. The van der Waals surface area contributed by atoms with E-state index in [-0.39, 0.29) is 23.6 Å². The fraction of sp³-hybridized carbons (Fsp3) is 0.250. The monoisotopic (exact) mass is 405 g/mol. The lowest BCUT2D eigenvalue weighted by Gasteiger charge is -2.28. The van der Waals surface area contributed by atoms with Gasteiger partial charge in [-0.15, -0.1) is 0 Å². The number of ketones is 1. The molecule has 1 aliphatic rings. The number of hydrogen-bond donors (Lipinski definition) is 0. The Kier molecular flexibility index (Phi) is 5.95. The van der Waals surface area contributed by atoms with Crippen LogP contribution in [0.4, 0.5) is 0 Å². The van der Waals surface area contributed by atoms with Crippen LogP contribution in [0.3, 0.4) is 0 Å². The molecule has 0 spiro atoms. The largest absolute Gasteiger partial charge is 0.497 e. The molecular weight excluding hydrogens is 382 g/mol. The van der Waals surface area contributed by atoms with Crippen molar-refractivity contribution in [2.24, 2.45) is 0 Å². The summed E-state index contributed by atoms with van der Waals surface area (Å²) in [4.78, 5) is 26.9. The Morgan fingerprint density at radius 3 is 2.60 bits per heavy atom. The first kappa shape index (κ1) is 19.9. The van der Waals surface area contributed by atoms with Crippen molar-refractivity contribution < 1.29 is 18.7 Å². The highest BCUT2D eigenvalue weighted by molar-refractivity contribution is 5.97. The third-order valence-corrected chi connectivity index (χ3v) is 5.21. The number of rotatable bonds is 7. The topological polar surface area (TPSA) is 69.0 Å². The molecule has 0 aliphatic carbocycles. The lowest BCUT2D eigenvalue weighted by molar-refractivity contribution is 0.0919. The van der Waals surface area contributed by atoms with E-state index in [9.17, 15) is 9.59 Å². The van der Waals surface area contributed by atoms with Crippen LogP contribution in [0.15, 0.2) is 70.1 Å². The van der Waals surface area contributed by atoms with Gasteiger partial charge in [0, 0.05) is 24.7 Å². The Hall–Kier alpha value is -3.38. The molecule has 0 amide bonds. The Balaban J connectivity index is 1.35. The number of methoxy groups -OCH3 is 1. The molecule has 2 aromatic carbocycles. The van der Waals surface area contributed by atoms with Crippen LogP contribution in [0, 0.1) is 0 Å². The summed E-state index contributed by atoms with van der Waals surface area (Å²) in [5.41, 5.74) is 2.88. The third kappa shape index (κ3) is 4.60. The molecule has 0 fully saturated rings. The fourth-order valence-electron chi connectivity index (χ4n) is 3.54. The van der Waals surface area contributed by atoms with Crippen molar-refractivity contribution in [2.75, 3.05) is 20.3 Å². The van der Waals surface area contributed by atoms with Gasteiger partial charge in [0.2, 0.25) is 11.2 Å². The number of Topliss-reactive ketones (excluding diaryl/α,β-unsaturated/α-hetero) is 1. The Morgan fingerprint density at radius 2 is 1.87 bits per heavy atom. The van der Waals surface area contributed by atoms with Gasteiger partial charge < -0.3 is 13.9 Å². The molecule has 6 heteroatoms. The molecule has 0 bridgehead atoms. The summed E-state index contributed by atoms with van der Waals surface area (Å²) >= 11 is 0. The molecule has 1 aliphatic heterocycles. The average molecular weight is 405 g/mol. The summed E-state index contributed by atoms with van der Waals surface area (Å²) in [5.74, 6) is 1.05. The number of fused-ring (bicyclic) bond motifs is 1. The highest BCUT2D eigenvalue weighted by Gasteiger charge is 2.17. The standard InChI is InChI=1S/C24H23NO5/c1-28-20-8-6-18(7-9-20)23(27)15-30-24-16-29-21(12-22(24)26)14-25-11-10-17-4-2-3-5-19(17)13-25/h2-9,12,16H,10-11,13-15H2,1H3. The zero-order valence-electron chi connectivity index (χ0n) is 16.8. The number of carbonyl (C=O) groups is 1. The van der Waals surface area contributed by atoms with Crippen LogP contribution in [0.1, 0.15) is 27.2 Å². The molecule has 0 radical (unpaired) electrons. The van der Waals surface area contributed by atoms with Crippen LogP contribution in [0.2, 0.25) is 0 Å². The average Bonchev–Trinajstić information content (AvgIpc) is 2.78. The summed E-state index contributed by atoms with van der Waals surface area (Å²) in [5, 5.41) is 0. The van der Waals surface area contributed by atoms with Crippen molar-refractivity contribution in [3.8, 4) is 11.5 Å². The zero-order valence-corrected chi connectivity index (χ0v) is 16.8. The van der Waals surface area contributed by atoms with Gasteiger partial charge in [-0.2, -0.15) is 0 Å². The Morgan fingerprint density at radius 1 is 1.10 bits per heavy atom. The molecular formula is C24H23NO5. The van der Waals surface area contributed by atoms with Crippen LogP contribution in [-0.2, 0) is 19.5 Å². The van der Waals surface area contributed by atoms with Crippen molar-refractivity contribution in [1.29, 1.82) is 0 Å². The number of nitrogens with zero attached hydrogens (tertiary/aromatic N) is 1. The zero-order chi connectivity index (χ0) is 20.9. The van der Waals surface area contributed by atoms with E-state index in [4.69, 9.17) is 13.9 Å². The fourth-order valence-corrected chi connectivity index (χ4v) is 3.54. The van der Waals surface area contributed by atoms with Crippen molar-refractivity contribution >= 4 is 5.78 Å². The van der Waals surface area contributed by atoms with E-state index in [0.717, 1.165) is 19.5 Å². The smallest absolute Gasteiger partial charge is 0.227 e. The van der Waals surface area contributed by atoms with Crippen molar-refractivity contribution in [3.05, 3.63) is 93.5 Å². The van der Waals surface area contributed by atoms with Gasteiger partial charge in [0.05, 0.1) is 13.7 Å². The van der Waals surface area contributed by atoms with Crippen LogP contribution in [0.5, 0.6) is 11.5 Å². The van der Waals surface area contributed by atoms with Crippen LogP contribution in [-0.4, -0.2) is 30.9 Å². The predicted octanol–water partition coefficient (Wildman–Crippen LogP) is 3.47. The summed E-state index contributed by atoms with van der Waals surface area (Å²) in [6.07, 6.45) is 2.27. The second-order valence-electron chi connectivity index (χ2n) is 7.24. The van der Waals surface area contributed by atoms with Gasteiger partial charge in [-0.05, 0) is 41.8 Å². The van der Waals surface area contributed by atoms with E-state index < -0.39 is 0 Å². The predicted molar refractivity (Wildman–Crippen MR) is 112 cm³/mol. The highest BCUT2D eigenvalue weighted by atomic mass is 16.5. The summed E-state index contributed by atoms with van der Waals surface area (Å²) in [6.45, 7) is 2.05.